The smallest absolute Gasteiger partial charge is 0.238 e. The second kappa shape index (κ2) is 5.25. The first-order valence-electron chi connectivity index (χ1n) is 4.63. The molecule has 4 nitrogen and oxygen atoms in total. The van der Waals surface area contributed by atoms with E-state index in [-0.39, 0.29) is 17.9 Å². The Kier molecular flexibility index (Phi) is 4.23. The van der Waals surface area contributed by atoms with Crippen molar-refractivity contribution in [2.75, 3.05) is 7.05 Å². The van der Waals surface area contributed by atoms with Crippen molar-refractivity contribution < 1.29 is 9.18 Å². The molecule has 0 aliphatic rings. The van der Waals surface area contributed by atoms with Crippen LogP contribution >= 0.6 is 11.6 Å². The highest BCUT2D eigenvalue weighted by Crippen LogP contribution is 2.22. The van der Waals surface area contributed by atoms with Gasteiger partial charge < -0.3 is 5.73 Å². The Morgan fingerprint density at radius 2 is 2.25 bits per heavy atom. The molecule has 0 spiro atoms. The van der Waals surface area contributed by atoms with Crippen molar-refractivity contribution in [2.45, 2.75) is 12.5 Å². The highest BCUT2D eigenvalue weighted by molar-refractivity contribution is 6.30. The molecule has 6 heteroatoms. The topological polar surface area (TPSA) is 72.3 Å². The fraction of sp³-hybridized carbons (Fsp3) is 0.300. The van der Waals surface area contributed by atoms with Gasteiger partial charge in [0.05, 0.1) is 0 Å². The summed E-state index contributed by atoms with van der Waals surface area (Å²) in [6, 6.07) is 3.29. The lowest BCUT2D eigenvalue weighted by Gasteiger charge is -2.15. The van der Waals surface area contributed by atoms with Gasteiger partial charge >= 0.3 is 0 Å². The third kappa shape index (κ3) is 3.16. The van der Waals surface area contributed by atoms with Crippen molar-refractivity contribution >= 4 is 17.5 Å². The fourth-order valence-electron chi connectivity index (χ4n) is 1.24. The van der Waals surface area contributed by atoms with Gasteiger partial charge in [0.2, 0.25) is 5.91 Å². The molecule has 0 aliphatic carbocycles. The summed E-state index contributed by atoms with van der Waals surface area (Å²) in [4.78, 5) is 11.3. The molecule has 0 saturated carbocycles. The average Bonchev–Trinajstić information content (AvgIpc) is 2.21. The molecule has 1 aromatic rings. The van der Waals surface area contributed by atoms with Crippen LogP contribution in [0.4, 0.5) is 4.39 Å². The van der Waals surface area contributed by atoms with Crippen LogP contribution < -0.4 is 11.6 Å². The average molecular weight is 246 g/mol. The first-order valence-corrected chi connectivity index (χ1v) is 5.01. The van der Waals surface area contributed by atoms with Crippen molar-refractivity contribution in [3.8, 4) is 0 Å². The second-order valence-electron chi connectivity index (χ2n) is 3.48. The van der Waals surface area contributed by atoms with Gasteiger partial charge in [-0.15, -0.1) is 0 Å². The molecule has 1 amide bonds. The first kappa shape index (κ1) is 12.9. The molecule has 0 heterocycles. The minimum absolute atomic E-state index is 0.0652. The van der Waals surface area contributed by atoms with Gasteiger partial charge in [-0.05, 0) is 18.2 Å². The summed E-state index contributed by atoms with van der Waals surface area (Å²) in [5.74, 6) is 4.39. The van der Waals surface area contributed by atoms with Crippen molar-refractivity contribution in [1.82, 2.24) is 5.01 Å². The number of nitrogens with zero attached hydrogens (tertiary/aromatic N) is 1. The Morgan fingerprint density at radius 1 is 1.62 bits per heavy atom. The number of carbonyl (C=O) groups excluding carboxylic acids is 1. The minimum Gasteiger partial charge on any atom is -0.323 e. The van der Waals surface area contributed by atoms with Gasteiger partial charge in [0, 0.05) is 30.1 Å². The lowest BCUT2D eigenvalue weighted by Crippen LogP contribution is -2.35. The van der Waals surface area contributed by atoms with E-state index in [0.717, 1.165) is 5.01 Å². The number of hydrogen-bond acceptors (Lipinski definition) is 3. The summed E-state index contributed by atoms with van der Waals surface area (Å²) in [5.41, 5.74) is 5.91. The Bertz CT molecular complexity index is 398. The number of benzene rings is 1. The maximum Gasteiger partial charge on any atom is 0.238 e. The van der Waals surface area contributed by atoms with Crippen LogP contribution in [0.5, 0.6) is 0 Å². The fourth-order valence-corrected chi connectivity index (χ4v) is 1.42. The summed E-state index contributed by atoms with van der Waals surface area (Å²) in [6.07, 6.45) is -0.0652. The second-order valence-corrected chi connectivity index (χ2v) is 3.92. The number of halogens is 2. The van der Waals surface area contributed by atoms with E-state index in [0.29, 0.717) is 5.02 Å². The molecule has 0 aliphatic heterocycles. The molecule has 1 unspecified atom stereocenters. The standard InChI is InChI=1S/C10H13ClFN3O/c1-15(14)10(16)5-9(13)7-4-6(11)2-3-8(7)12/h2-4,9H,5,13-14H2,1H3. The van der Waals surface area contributed by atoms with E-state index >= 15 is 0 Å². The molecule has 88 valence electrons. The maximum absolute atomic E-state index is 13.4. The van der Waals surface area contributed by atoms with Gasteiger partial charge in [0.15, 0.2) is 0 Å². The van der Waals surface area contributed by atoms with Gasteiger partial charge in [-0.1, -0.05) is 11.6 Å². The Hall–Kier alpha value is -1.17. The number of hydrogen-bond donors (Lipinski definition) is 2. The van der Waals surface area contributed by atoms with E-state index < -0.39 is 11.9 Å². The third-order valence-corrected chi connectivity index (χ3v) is 2.38. The maximum atomic E-state index is 13.4. The Labute approximate surface area is 97.9 Å². The lowest BCUT2D eigenvalue weighted by atomic mass is 10.0. The zero-order valence-corrected chi connectivity index (χ0v) is 9.54. The van der Waals surface area contributed by atoms with E-state index in [2.05, 4.69) is 0 Å². The van der Waals surface area contributed by atoms with Crippen LogP contribution in [0.25, 0.3) is 0 Å². The van der Waals surface area contributed by atoms with Crippen LogP contribution in [0, 0.1) is 5.82 Å². The molecular weight excluding hydrogens is 233 g/mol. The van der Waals surface area contributed by atoms with Crippen molar-refractivity contribution in [3.05, 3.63) is 34.6 Å². The van der Waals surface area contributed by atoms with E-state index in [1.807, 2.05) is 0 Å². The molecule has 0 bridgehead atoms. The summed E-state index contributed by atoms with van der Waals surface area (Å²) >= 11 is 5.72. The van der Waals surface area contributed by atoms with Gasteiger partial charge in [-0.25, -0.2) is 10.2 Å². The summed E-state index contributed by atoms with van der Waals surface area (Å²) in [5, 5.41) is 1.29. The molecular formula is C10H13ClFN3O. The monoisotopic (exact) mass is 245 g/mol. The van der Waals surface area contributed by atoms with Crippen molar-refractivity contribution in [3.63, 3.8) is 0 Å². The van der Waals surface area contributed by atoms with Crippen molar-refractivity contribution in [1.29, 1.82) is 0 Å². The van der Waals surface area contributed by atoms with Gasteiger partial charge in [0.25, 0.3) is 0 Å². The quantitative estimate of drug-likeness (QED) is 0.478. The SMILES string of the molecule is CN(N)C(=O)CC(N)c1cc(Cl)ccc1F. The predicted octanol–water partition coefficient (Wildman–Crippen LogP) is 1.20. The Balaban J connectivity index is 2.84. The van der Waals surface area contributed by atoms with E-state index in [9.17, 15) is 9.18 Å². The van der Waals surface area contributed by atoms with Crippen LogP contribution in [0.1, 0.15) is 18.0 Å². The third-order valence-electron chi connectivity index (χ3n) is 2.15. The molecule has 0 fully saturated rings. The van der Waals surface area contributed by atoms with E-state index in [1.165, 1.54) is 25.2 Å². The molecule has 0 radical (unpaired) electrons. The molecule has 4 N–H and O–H groups in total. The first-order chi connectivity index (χ1) is 7.41. The van der Waals surface area contributed by atoms with Gasteiger partial charge in [-0.3, -0.25) is 9.80 Å². The number of hydrazine groups is 1. The van der Waals surface area contributed by atoms with Crippen LogP contribution in [0.15, 0.2) is 18.2 Å². The molecule has 1 atom stereocenters. The van der Waals surface area contributed by atoms with E-state index in [1.54, 1.807) is 0 Å². The minimum atomic E-state index is -0.753. The highest BCUT2D eigenvalue weighted by Gasteiger charge is 2.17. The normalized spacial score (nSPS) is 12.3. The number of rotatable bonds is 3. The van der Waals surface area contributed by atoms with Gasteiger partial charge in [-0.2, -0.15) is 0 Å². The molecule has 1 aromatic carbocycles. The zero-order valence-electron chi connectivity index (χ0n) is 8.78. The van der Waals surface area contributed by atoms with Crippen LogP contribution in [-0.4, -0.2) is 18.0 Å². The molecule has 1 rings (SSSR count). The summed E-state index contributed by atoms with van der Waals surface area (Å²) in [7, 11) is 1.41. The number of carbonyl (C=O) groups is 1. The van der Waals surface area contributed by atoms with Gasteiger partial charge in [0.1, 0.15) is 5.82 Å². The van der Waals surface area contributed by atoms with E-state index in [4.69, 9.17) is 23.2 Å². The zero-order chi connectivity index (χ0) is 12.3. The lowest BCUT2D eigenvalue weighted by molar-refractivity contribution is -0.130. The largest absolute Gasteiger partial charge is 0.323 e. The Morgan fingerprint density at radius 3 is 2.81 bits per heavy atom. The summed E-state index contributed by atoms with van der Waals surface area (Å²) in [6.45, 7) is 0. The van der Waals surface area contributed by atoms with Crippen LogP contribution in [-0.2, 0) is 4.79 Å². The molecule has 16 heavy (non-hydrogen) atoms. The van der Waals surface area contributed by atoms with Crippen LogP contribution in [0.3, 0.4) is 0 Å². The van der Waals surface area contributed by atoms with Crippen molar-refractivity contribution in [2.24, 2.45) is 11.6 Å². The molecule has 0 aromatic heterocycles. The number of nitrogens with two attached hydrogens (primary N) is 2. The highest BCUT2D eigenvalue weighted by atomic mass is 35.5. The van der Waals surface area contributed by atoms with Crippen LogP contribution in [0.2, 0.25) is 5.02 Å². The predicted molar refractivity (Wildman–Crippen MR) is 59.9 cm³/mol. The summed E-state index contributed by atoms with van der Waals surface area (Å²) < 4.78 is 13.4. The molecule has 0 saturated heterocycles. The number of amides is 1.